The lowest BCUT2D eigenvalue weighted by atomic mass is 10.4. The van der Waals surface area contributed by atoms with Crippen LogP contribution in [0.25, 0.3) is 0 Å². The summed E-state index contributed by atoms with van der Waals surface area (Å²) in [6.07, 6.45) is 1.96. The lowest BCUT2D eigenvalue weighted by Gasteiger charge is -1.94. The van der Waals surface area contributed by atoms with E-state index < -0.39 is 0 Å². The zero-order valence-electron chi connectivity index (χ0n) is 4.71. The maximum absolute atomic E-state index is 10.3. The smallest absolute Gasteiger partial charge is 0.155 e. The molecule has 0 fully saturated rings. The van der Waals surface area contributed by atoms with Crippen molar-refractivity contribution in [3.63, 3.8) is 0 Å². The Morgan fingerprint density at radius 2 is 2.30 bits per heavy atom. The Bertz CT molecular complexity index is 246. The van der Waals surface area contributed by atoms with Crippen LogP contribution in [0.5, 0.6) is 0 Å². The van der Waals surface area contributed by atoms with E-state index in [1.165, 1.54) is 6.33 Å². The molecule has 52 valence electrons. The Labute approximate surface area is 76.0 Å². The first-order chi connectivity index (χ1) is 4.75. The number of aldehydes is 1. The lowest BCUT2D eigenvalue weighted by Crippen LogP contribution is -1.93. The molecule has 0 aliphatic heterocycles. The van der Waals surface area contributed by atoms with Gasteiger partial charge in [-0.05, 0) is 22.6 Å². The van der Waals surface area contributed by atoms with Crippen molar-refractivity contribution in [3.8, 4) is 0 Å². The first kappa shape index (κ1) is 7.87. The highest BCUT2D eigenvalue weighted by atomic mass is 127. The molecule has 0 spiro atoms. The standard InChI is InChI=1S/C5H2ClIN2O/c6-4-3(1-10)5(7)9-2-8-4/h1-2H. The molecule has 0 amide bonds. The molecule has 0 unspecified atom stereocenters. The summed E-state index contributed by atoms with van der Waals surface area (Å²) < 4.78 is 0.576. The molecule has 0 saturated heterocycles. The zero-order valence-corrected chi connectivity index (χ0v) is 7.63. The average Bonchev–Trinajstić information content (AvgIpc) is 1.88. The molecule has 0 aliphatic carbocycles. The normalized spacial score (nSPS) is 9.40. The second kappa shape index (κ2) is 3.25. The average molecular weight is 268 g/mol. The van der Waals surface area contributed by atoms with Crippen molar-refractivity contribution >= 4 is 40.5 Å². The van der Waals surface area contributed by atoms with Gasteiger partial charge in [-0.1, -0.05) is 11.6 Å². The SMILES string of the molecule is O=Cc1c(Cl)ncnc1I. The summed E-state index contributed by atoms with van der Waals surface area (Å²) in [6.45, 7) is 0. The molecule has 10 heavy (non-hydrogen) atoms. The van der Waals surface area contributed by atoms with Crippen molar-refractivity contribution in [1.82, 2.24) is 9.97 Å². The first-order valence-corrected chi connectivity index (χ1v) is 3.82. The minimum absolute atomic E-state index is 0.203. The molecule has 1 rings (SSSR count). The maximum atomic E-state index is 10.3. The predicted molar refractivity (Wildman–Crippen MR) is 45.1 cm³/mol. The monoisotopic (exact) mass is 268 g/mol. The molecule has 0 saturated carbocycles. The summed E-state index contributed by atoms with van der Waals surface area (Å²) in [5.41, 5.74) is 0.352. The number of hydrogen-bond acceptors (Lipinski definition) is 3. The third kappa shape index (κ3) is 1.43. The molecular weight excluding hydrogens is 266 g/mol. The fourth-order valence-corrected chi connectivity index (χ4v) is 1.30. The molecule has 1 heterocycles. The highest BCUT2D eigenvalue weighted by Crippen LogP contribution is 2.13. The van der Waals surface area contributed by atoms with Crippen LogP contribution < -0.4 is 0 Å². The highest BCUT2D eigenvalue weighted by Gasteiger charge is 2.04. The Kier molecular flexibility index (Phi) is 2.56. The van der Waals surface area contributed by atoms with E-state index in [2.05, 4.69) is 9.97 Å². The Hall–Kier alpha value is -0.230. The molecule has 1 aromatic heterocycles. The van der Waals surface area contributed by atoms with E-state index in [1.54, 1.807) is 0 Å². The molecule has 3 nitrogen and oxygen atoms in total. The van der Waals surface area contributed by atoms with Crippen molar-refractivity contribution in [3.05, 3.63) is 20.7 Å². The second-order valence-corrected chi connectivity index (χ2v) is 2.87. The molecule has 0 radical (unpaired) electrons. The summed E-state index contributed by atoms with van der Waals surface area (Å²) in [4.78, 5) is 17.7. The molecule has 0 aromatic carbocycles. The molecule has 1 aromatic rings. The van der Waals surface area contributed by atoms with Gasteiger partial charge in [-0.3, -0.25) is 4.79 Å². The third-order valence-electron chi connectivity index (χ3n) is 0.905. The number of carbonyl (C=O) groups excluding carboxylic acids is 1. The van der Waals surface area contributed by atoms with Crippen LogP contribution in [0.1, 0.15) is 10.4 Å². The molecule has 0 N–H and O–H groups in total. The quantitative estimate of drug-likeness (QED) is 0.441. The molecule has 5 heteroatoms. The lowest BCUT2D eigenvalue weighted by molar-refractivity contribution is 0.112. The second-order valence-electron chi connectivity index (χ2n) is 1.49. The van der Waals surface area contributed by atoms with Crippen LogP contribution in [0, 0.1) is 3.70 Å². The van der Waals surface area contributed by atoms with Crippen molar-refractivity contribution < 1.29 is 4.79 Å². The van der Waals surface area contributed by atoms with Gasteiger partial charge in [0.2, 0.25) is 0 Å². The molecular formula is C5H2ClIN2O. The Morgan fingerprint density at radius 1 is 1.60 bits per heavy atom. The van der Waals surface area contributed by atoms with Gasteiger partial charge in [0.05, 0.1) is 5.56 Å². The minimum Gasteiger partial charge on any atom is -0.298 e. The third-order valence-corrected chi connectivity index (χ3v) is 2.07. The van der Waals surface area contributed by atoms with Crippen LogP contribution in [-0.4, -0.2) is 16.3 Å². The van der Waals surface area contributed by atoms with E-state index in [-0.39, 0.29) is 5.15 Å². The molecule has 0 bridgehead atoms. The maximum Gasteiger partial charge on any atom is 0.155 e. The number of nitrogens with zero attached hydrogens (tertiary/aromatic N) is 2. The highest BCUT2D eigenvalue weighted by molar-refractivity contribution is 14.1. The van der Waals surface area contributed by atoms with Gasteiger partial charge in [0.1, 0.15) is 15.2 Å². The van der Waals surface area contributed by atoms with Gasteiger partial charge >= 0.3 is 0 Å². The largest absolute Gasteiger partial charge is 0.298 e. The van der Waals surface area contributed by atoms with Gasteiger partial charge in [-0.15, -0.1) is 0 Å². The van der Waals surface area contributed by atoms with Crippen LogP contribution in [0.3, 0.4) is 0 Å². The topological polar surface area (TPSA) is 42.9 Å². The number of aromatic nitrogens is 2. The first-order valence-electron chi connectivity index (χ1n) is 2.37. The summed E-state index contributed by atoms with van der Waals surface area (Å²) in [5.74, 6) is 0. The minimum atomic E-state index is 0.203. The van der Waals surface area contributed by atoms with Gasteiger partial charge in [0, 0.05) is 0 Å². The predicted octanol–water partition coefficient (Wildman–Crippen LogP) is 1.55. The molecule has 0 aliphatic rings. The Balaban J connectivity index is 3.30. The number of rotatable bonds is 1. The number of hydrogen-bond donors (Lipinski definition) is 0. The van der Waals surface area contributed by atoms with Crippen molar-refractivity contribution in [2.45, 2.75) is 0 Å². The number of halogens is 2. The van der Waals surface area contributed by atoms with E-state index in [1.807, 2.05) is 22.6 Å². The van der Waals surface area contributed by atoms with Crippen LogP contribution >= 0.6 is 34.2 Å². The van der Waals surface area contributed by atoms with Crippen LogP contribution in [0.4, 0.5) is 0 Å². The van der Waals surface area contributed by atoms with Crippen molar-refractivity contribution in [1.29, 1.82) is 0 Å². The van der Waals surface area contributed by atoms with Crippen molar-refractivity contribution in [2.24, 2.45) is 0 Å². The fourth-order valence-electron chi connectivity index (χ4n) is 0.452. The molecule has 0 atom stereocenters. The van der Waals surface area contributed by atoms with Gasteiger partial charge in [-0.25, -0.2) is 9.97 Å². The van der Waals surface area contributed by atoms with E-state index in [4.69, 9.17) is 11.6 Å². The zero-order chi connectivity index (χ0) is 7.56. The summed E-state index contributed by atoms with van der Waals surface area (Å²) >= 11 is 7.46. The summed E-state index contributed by atoms with van der Waals surface area (Å²) in [5, 5.41) is 0.203. The van der Waals surface area contributed by atoms with E-state index in [0.29, 0.717) is 15.6 Å². The summed E-state index contributed by atoms with van der Waals surface area (Å²) in [7, 11) is 0. The Morgan fingerprint density at radius 3 is 2.70 bits per heavy atom. The van der Waals surface area contributed by atoms with E-state index >= 15 is 0 Å². The van der Waals surface area contributed by atoms with Crippen molar-refractivity contribution in [2.75, 3.05) is 0 Å². The van der Waals surface area contributed by atoms with Crippen LogP contribution in [-0.2, 0) is 0 Å². The van der Waals surface area contributed by atoms with Gasteiger partial charge in [-0.2, -0.15) is 0 Å². The fraction of sp³-hybridized carbons (Fsp3) is 0. The number of carbonyl (C=O) groups is 1. The van der Waals surface area contributed by atoms with E-state index in [9.17, 15) is 4.79 Å². The van der Waals surface area contributed by atoms with Gasteiger partial charge in [0.15, 0.2) is 6.29 Å². The van der Waals surface area contributed by atoms with E-state index in [0.717, 1.165) is 0 Å². The van der Waals surface area contributed by atoms with Gasteiger partial charge in [0.25, 0.3) is 0 Å². The van der Waals surface area contributed by atoms with Crippen LogP contribution in [0.15, 0.2) is 6.33 Å². The van der Waals surface area contributed by atoms with Gasteiger partial charge < -0.3 is 0 Å². The summed E-state index contributed by atoms with van der Waals surface area (Å²) in [6, 6.07) is 0. The van der Waals surface area contributed by atoms with Crippen LogP contribution in [0.2, 0.25) is 5.15 Å².